The maximum atomic E-state index is 13.0. The molecule has 0 saturated heterocycles. The van der Waals surface area contributed by atoms with E-state index in [1.54, 1.807) is 12.1 Å². The lowest BCUT2D eigenvalue weighted by Gasteiger charge is -2.06. The second kappa shape index (κ2) is 6.60. The Balaban J connectivity index is 2.03. The van der Waals surface area contributed by atoms with Crippen LogP contribution >= 0.6 is 0 Å². The summed E-state index contributed by atoms with van der Waals surface area (Å²) in [5.41, 5.74) is 0.825. The van der Waals surface area contributed by atoms with E-state index in [0.717, 1.165) is 6.42 Å². The molecule has 104 valence electrons. The molecule has 0 bridgehead atoms. The average Bonchev–Trinajstić information content (AvgIpc) is 2.45. The SMILES string of the molecule is CCCNC(=O)c1cnc(Nc2cccc(F)c2)cn1. The van der Waals surface area contributed by atoms with E-state index in [1.807, 2.05) is 6.92 Å². The van der Waals surface area contributed by atoms with Crippen LogP contribution in [0.3, 0.4) is 0 Å². The number of amides is 1. The van der Waals surface area contributed by atoms with Crippen molar-refractivity contribution < 1.29 is 9.18 Å². The van der Waals surface area contributed by atoms with Crippen molar-refractivity contribution in [2.75, 3.05) is 11.9 Å². The molecule has 20 heavy (non-hydrogen) atoms. The number of benzene rings is 1. The standard InChI is InChI=1S/C14H15FN4O/c1-2-6-16-14(20)12-8-18-13(9-17-12)19-11-5-3-4-10(15)7-11/h3-5,7-9H,2,6H2,1H3,(H,16,20)(H,18,19). The molecule has 0 fully saturated rings. The smallest absolute Gasteiger partial charge is 0.271 e. The van der Waals surface area contributed by atoms with E-state index in [9.17, 15) is 9.18 Å². The van der Waals surface area contributed by atoms with Gasteiger partial charge in [-0.1, -0.05) is 13.0 Å². The number of hydrogen-bond donors (Lipinski definition) is 2. The molecule has 0 aliphatic rings. The van der Waals surface area contributed by atoms with Gasteiger partial charge in [0.05, 0.1) is 12.4 Å². The Kier molecular flexibility index (Phi) is 4.60. The van der Waals surface area contributed by atoms with Crippen molar-refractivity contribution in [2.45, 2.75) is 13.3 Å². The molecular formula is C14H15FN4O. The van der Waals surface area contributed by atoms with Gasteiger partial charge in [-0.15, -0.1) is 0 Å². The first-order valence-corrected chi connectivity index (χ1v) is 6.32. The van der Waals surface area contributed by atoms with E-state index in [-0.39, 0.29) is 17.4 Å². The van der Waals surface area contributed by atoms with Crippen molar-refractivity contribution in [1.29, 1.82) is 0 Å². The zero-order chi connectivity index (χ0) is 14.4. The highest BCUT2D eigenvalue weighted by Gasteiger charge is 2.07. The van der Waals surface area contributed by atoms with Crippen LogP contribution in [0, 0.1) is 5.82 Å². The van der Waals surface area contributed by atoms with Crippen LogP contribution in [0.1, 0.15) is 23.8 Å². The van der Waals surface area contributed by atoms with Gasteiger partial charge in [0.15, 0.2) is 0 Å². The Morgan fingerprint density at radius 3 is 2.80 bits per heavy atom. The summed E-state index contributed by atoms with van der Waals surface area (Å²) in [5, 5.41) is 5.62. The maximum absolute atomic E-state index is 13.0. The summed E-state index contributed by atoms with van der Waals surface area (Å²) in [7, 11) is 0. The second-order valence-corrected chi connectivity index (χ2v) is 4.18. The molecule has 0 spiro atoms. The van der Waals surface area contributed by atoms with Gasteiger partial charge in [-0.25, -0.2) is 14.4 Å². The summed E-state index contributed by atoms with van der Waals surface area (Å²) in [5.74, 6) is -0.141. The molecule has 0 radical (unpaired) electrons. The summed E-state index contributed by atoms with van der Waals surface area (Å²) < 4.78 is 13.0. The minimum absolute atomic E-state index is 0.253. The molecular weight excluding hydrogens is 259 g/mol. The minimum atomic E-state index is -0.335. The number of hydrogen-bond acceptors (Lipinski definition) is 4. The van der Waals surface area contributed by atoms with Crippen LogP contribution in [-0.2, 0) is 0 Å². The van der Waals surface area contributed by atoms with Crippen molar-refractivity contribution in [3.8, 4) is 0 Å². The highest BCUT2D eigenvalue weighted by molar-refractivity contribution is 5.92. The number of nitrogens with zero attached hydrogens (tertiary/aromatic N) is 2. The van der Waals surface area contributed by atoms with Crippen molar-refractivity contribution in [3.63, 3.8) is 0 Å². The molecule has 2 aromatic rings. The molecule has 0 atom stereocenters. The molecule has 6 heteroatoms. The van der Waals surface area contributed by atoms with Gasteiger partial charge in [-0.3, -0.25) is 4.79 Å². The lowest BCUT2D eigenvalue weighted by atomic mass is 10.3. The average molecular weight is 274 g/mol. The Morgan fingerprint density at radius 2 is 2.15 bits per heavy atom. The highest BCUT2D eigenvalue weighted by atomic mass is 19.1. The topological polar surface area (TPSA) is 66.9 Å². The third-order valence-corrected chi connectivity index (χ3v) is 2.52. The van der Waals surface area contributed by atoms with E-state index in [4.69, 9.17) is 0 Å². The van der Waals surface area contributed by atoms with Crippen molar-refractivity contribution in [1.82, 2.24) is 15.3 Å². The van der Waals surface area contributed by atoms with E-state index >= 15 is 0 Å². The molecule has 0 saturated carbocycles. The number of carbonyl (C=O) groups excluding carboxylic acids is 1. The Labute approximate surface area is 116 Å². The summed E-state index contributed by atoms with van der Waals surface area (Å²) in [4.78, 5) is 19.7. The Hall–Kier alpha value is -2.50. The zero-order valence-electron chi connectivity index (χ0n) is 11.1. The van der Waals surface area contributed by atoms with E-state index < -0.39 is 0 Å². The number of rotatable bonds is 5. The van der Waals surface area contributed by atoms with Gasteiger partial charge in [0.25, 0.3) is 5.91 Å². The van der Waals surface area contributed by atoms with Crippen LogP contribution in [0.15, 0.2) is 36.7 Å². The second-order valence-electron chi connectivity index (χ2n) is 4.18. The summed E-state index contributed by atoms with van der Waals surface area (Å²) in [6.45, 7) is 2.57. The molecule has 1 amide bonds. The molecule has 2 N–H and O–H groups in total. The van der Waals surface area contributed by atoms with E-state index in [0.29, 0.717) is 18.1 Å². The number of nitrogens with one attached hydrogen (secondary N) is 2. The molecule has 1 heterocycles. The quantitative estimate of drug-likeness (QED) is 0.879. The van der Waals surface area contributed by atoms with Crippen LogP contribution < -0.4 is 10.6 Å². The number of carbonyl (C=O) groups is 1. The molecule has 2 rings (SSSR count). The summed E-state index contributed by atoms with van der Waals surface area (Å²) >= 11 is 0. The largest absolute Gasteiger partial charge is 0.351 e. The van der Waals surface area contributed by atoms with Crippen LogP contribution in [0.4, 0.5) is 15.9 Å². The minimum Gasteiger partial charge on any atom is -0.351 e. The summed E-state index contributed by atoms with van der Waals surface area (Å²) in [6, 6.07) is 6.02. The Morgan fingerprint density at radius 1 is 1.30 bits per heavy atom. The van der Waals surface area contributed by atoms with Crippen LogP contribution in [0.5, 0.6) is 0 Å². The van der Waals surface area contributed by atoms with Gasteiger partial charge in [-0.05, 0) is 24.6 Å². The van der Waals surface area contributed by atoms with Gasteiger partial charge in [0, 0.05) is 12.2 Å². The molecule has 1 aromatic heterocycles. The molecule has 1 aromatic carbocycles. The fraction of sp³-hybridized carbons (Fsp3) is 0.214. The molecule has 0 unspecified atom stereocenters. The molecule has 0 aliphatic heterocycles. The normalized spacial score (nSPS) is 10.1. The lowest BCUT2D eigenvalue weighted by molar-refractivity contribution is 0.0948. The predicted octanol–water partition coefficient (Wildman–Crippen LogP) is 2.50. The number of aromatic nitrogens is 2. The maximum Gasteiger partial charge on any atom is 0.271 e. The number of anilines is 2. The van der Waals surface area contributed by atoms with Gasteiger partial charge in [0.1, 0.15) is 17.3 Å². The first-order valence-electron chi connectivity index (χ1n) is 6.32. The first-order chi connectivity index (χ1) is 9.69. The van der Waals surface area contributed by atoms with Crippen LogP contribution in [0.25, 0.3) is 0 Å². The van der Waals surface area contributed by atoms with Crippen LogP contribution in [0.2, 0.25) is 0 Å². The summed E-state index contributed by atoms with van der Waals surface area (Å²) in [6.07, 6.45) is 3.68. The lowest BCUT2D eigenvalue weighted by Crippen LogP contribution is -2.25. The zero-order valence-corrected chi connectivity index (χ0v) is 11.1. The van der Waals surface area contributed by atoms with Gasteiger partial charge in [-0.2, -0.15) is 0 Å². The van der Waals surface area contributed by atoms with E-state index in [2.05, 4.69) is 20.6 Å². The first kappa shape index (κ1) is 13.9. The molecule has 5 nitrogen and oxygen atoms in total. The fourth-order valence-corrected chi connectivity index (χ4v) is 1.55. The number of halogens is 1. The van der Waals surface area contributed by atoms with Gasteiger partial charge >= 0.3 is 0 Å². The third-order valence-electron chi connectivity index (χ3n) is 2.52. The van der Waals surface area contributed by atoms with Crippen molar-refractivity contribution >= 4 is 17.4 Å². The van der Waals surface area contributed by atoms with E-state index in [1.165, 1.54) is 24.5 Å². The Bertz CT molecular complexity index is 586. The monoisotopic (exact) mass is 274 g/mol. The molecule has 0 aliphatic carbocycles. The van der Waals surface area contributed by atoms with Crippen LogP contribution in [-0.4, -0.2) is 22.4 Å². The predicted molar refractivity (Wildman–Crippen MR) is 74.3 cm³/mol. The highest BCUT2D eigenvalue weighted by Crippen LogP contribution is 2.14. The van der Waals surface area contributed by atoms with Gasteiger partial charge in [0.2, 0.25) is 0 Å². The van der Waals surface area contributed by atoms with Crippen molar-refractivity contribution in [2.24, 2.45) is 0 Å². The third kappa shape index (κ3) is 3.74. The van der Waals surface area contributed by atoms with Gasteiger partial charge < -0.3 is 10.6 Å². The fourth-order valence-electron chi connectivity index (χ4n) is 1.55. The van der Waals surface area contributed by atoms with Crippen molar-refractivity contribution in [3.05, 3.63) is 48.2 Å².